The van der Waals surface area contributed by atoms with Gasteiger partial charge in [0, 0.05) is 12.0 Å². The van der Waals surface area contributed by atoms with Gasteiger partial charge in [0.25, 0.3) is 0 Å². The van der Waals surface area contributed by atoms with Gasteiger partial charge in [0.15, 0.2) is 0 Å². The van der Waals surface area contributed by atoms with Crippen molar-refractivity contribution in [2.75, 3.05) is 0 Å². The lowest BCUT2D eigenvalue weighted by atomic mass is 9.71. The smallest absolute Gasteiger partial charge is 0.219 e. The molecule has 0 bridgehead atoms. The average Bonchev–Trinajstić information content (AvgIpc) is 1.77. The molecule has 0 saturated heterocycles. The maximum absolute atomic E-state index is 10.8. The second-order valence-electron chi connectivity index (χ2n) is 4.86. The fraction of sp³-hybridized carbons (Fsp3) is 0.900. The standard InChI is InChI=1S/C10H20N2O/c1-7-3-8(2)5-10(12,4-7)6-9(11)13/h7-8H,3-6,12H2,1-2H3,(H2,11,13). The van der Waals surface area contributed by atoms with Crippen LogP contribution in [-0.2, 0) is 4.79 Å². The Morgan fingerprint density at radius 1 is 1.38 bits per heavy atom. The van der Waals surface area contributed by atoms with Crippen LogP contribution in [0.15, 0.2) is 0 Å². The molecule has 0 aromatic rings. The Kier molecular flexibility index (Phi) is 2.96. The molecule has 1 aliphatic carbocycles. The molecule has 76 valence electrons. The second kappa shape index (κ2) is 3.66. The Morgan fingerprint density at radius 3 is 2.23 bits per heavy atom. The molecule has 2 unspecified atom stereocenters. The van der Waals surface area contributed by atoms with E-state index < -0.39 is 0 Å². The summed E-state index contributed by atoms with van der Waals surface area (Å²) >= 11 is 0. The summed E-state index contributed by atoms with van der Waals surface area (Å²) in [4.78, 5) is 10.8. The van der Waals surface area contributed by atoms with Crippen molar-refractivity contribution in [3.63, 3.8) is 0 Å². The molecule has 2 atom stereocenters. The summed E-state index contributed by atoms with van der Waals surface area (Å²) in [6.45, 7) is 4.39. The van der Waals surface area contributed by atoms with E-state index in [-0.39, 0.29) is 11.4 Å². The lowest BCUT2D eigenvalue weighted by Crippen LogP contribution is -2.48. The number of carbonyl (C=O) groups is 1. The Morgan fingerprint density at radius 2 is 1.85 bits per heavy atom. The largest absolute Gasteiger partial charge is 0.370 e. The summed E-state index contributed by atoms with van der Waals surface area (Å²) in [6, 6.07) is 0. The molecule has 3 nitrogen and oxygen atoms in total. The Bertz CT molecular complexity index is 193. The second-order valence-corrected chi connectivity index (χ2v) is 4.86. The number of hydrogen-bond acceptors (Lipinski definition) is 2. The molecule has 0 spiro atoms. The Labute approximate surface area is 79.9 Å². The van der Waals surface area contributed by atoms with Gasteiger partial charge in [0.1, 0.15) is 0 Å². The van der Waals surface area contributed by atoms with Gasteiger partial charge in [0.2, 0.25) is 5.91 Å². The van der Waals surface area contributed by atoms with Gasteiger partial charge in [-0.3, -0.25) is 4.79 Å². The van der Waals surface area contributed by atoms with Gasteiger partial charge in [-0.25, -0.2) is 0 Å². The van der Waals surface area contributed by atoms with Gasteiger partial charge >= 0.3 is 0 Å². The van der Waals surface area contributed by atoms with Crippen LogP contribution in [0.25, 0.3) is 0 Å². The maximum Gasteiger partial charge on any atom is 0.219 e. The lowest BCUT2D eigenvalue weighted by molar-refractivity contribution is -0.119. The van der Waals surface area contributed by atoms with Crippen LogP contribution in [0.3, 0.4) is 0 Å². The number of amides is 1. The highest BCUT2D eigenvalue weighted by Gasteiger charge is 2.35. The summed E-state index contributed by atoms with van der Waals surface area (Å²) < 4.78 is 0. The molecule has 1 amide bonds. The quantitative estimate of drug-likeness (QED) is 0.672. The molecule has 0 aromatic carbocycles. The minimum Gasteiger partial charge on any atom is -0.370 e. The predicted molar refractivity (Wildman–Crippen MR) is 52.9 cm³/mol. The molecule has 0 aliphatic heterocycles. The molecule has 1 aliphatic rings. The van der Waals surface area contributed by atoms with Gasteiger partial charge in [-0.05, 0) is 31.1 Å². The van der Waals surface area contributed by atoms with Crippen LogP contribution in [0.1, 0.15) is 39.5 Å². The maximum atomic E-state index is 10.8. The Hall–Kier alpha value is -0.570. The number of hydrogen-bond donors (Lipinski definition) is 2. The third-order valence-corrected chi connectivity index (χ3v) is 2.84. The van der Waals surface area contributed by atoms with Crippen LogP contribution in [0.2, 0.25) is 0 Å². The van der Waals surface area contributed by atoms with Crippen molar-refractivity contribution in [2.45, 2.75) is 45.1 Å². The molecule has 0 aromatic heterocycles. The predicted octanol–water partition coefficient (Wildman–Crippen LogP) is 1.02. The summed E-state index contributed by atoms with van der Waals surface area (Å²) in [5.74, 6) is 0.963. The first-order valence-corrected chi connectivity index (χ1v) is 4.98. The summed E-state index contributed by atoms with van der Waals surface area (Å²) in [5.41, 5.74) is 11.0. The highest BCUT2D eigenvalue weighted by molar-refractivity contribution is 5.75. The van der Waals surface area contributed by atoms with E-state index in [1.54, 1.807) is 0 Å². The van der Waals surface area contributed by atoms with Crippen LogP contribution >= 0.6 is 0 Å². The van der Waals surface area contributed by atoms with Crippen molar-refractivity contribution in [1.82, 2.24) is 0 Å². The van der Waals surface area contributed by atoms with E-state index in [4.69, 9.17) is 11.5 Å². The van der Waals surface area contributed by atoms with Crippen LogP contribution in [0.5, 0.6) is 0 Å². The molecule has 1 fully saturated rings. The molecular weight excluding hydrogens is 164 g/mol. The van der Waals surface area contributed by atoms with Gasteiger partial charge in [-0.2, -0.15) is 0 Å². The molecule has 3 heteroatoms. The number of nitrogens with two attached hydrogens (primary N) is 2. The molecule has 1 saturated carbocycles. The fourth-order valence-corrected chi connectivity index (χ4v) is 2.82. The molecule has 13 heavy (non-hydrogen) atoms. The minimum atomic E-state index is -0.330. The Balaban J connectivity index is 2.60. The number of rotatable bonds is 2. The van der Waals surface area contributed by atoms with E-state index in [0.717, 1.165) is 12.8 Å². The topological polar surface area (TPSA) is 69.1 Å². The zero-order valence-electron chi connectivity index (χ0n) is 8.55. The van der Waals surface area contributed by atoms with Gasteiger partial charge in [0.05, 0.1) is 0 Å². The first kappa shape index (κ1) is 10.5. The SMILES string of the molecule is CC1CC(C)CC(N)(CC(N)=O)C1. The first-order valence-electron chi connectivity index (χ1n) is 4.98. The van der Waals surface area contributed by atoms with Crippen molar-refractivity contribution in [3.05, 3.63) is 0 Å². The highest BCUT2D eigenvalue weighted by atomic mass is 16.1. The van der Waals surface area contributed by atoms with Crippen LogP contribution < -0.4 is 11.5 Å². The monoisotopic (exact) mass is 184 g/mol. The van der Waals surface area contributed by atoms with Crippen LogP contribution in [-0.4, -0.2) is 11.4 Å². The summed E-state index contributed by atoms with van der Waals surface area (Å²) in [6.07, 6.45) is 3.42. The zero-order chi connectivity index (χ0) is 10.1. The van der Waals surface area contributed by atoms with Crippen molar-refractivity contribution in [3.8, 4) is 0 Å². The molecule has 0 radical (unpaired) electrons. The zero-order valence-corrected chi connectivity index (χ0v) is 8.55. The van der Waals surface area contributed by atoms with E-state index >= 15 is 0 Å². The van der Waals surface area contributed by atoms with Crippen molar-refractivity contribution in [1.29, 1.82) is 0 Å². The van der Waals surface area contributed by atoms with Crippen LogP contribution in [0.4, 0.5) is 0 Å². The molecule has 1 rings (SSSR count). The minimum absolute atomic E-state index is 0.274. The number of carbonyl (C=O) groups excluding carboxylic acids is 1. The fourth-order valence-electron chi connectivity index (χ4n) is 2.82. The van der Waals surface area contributed by atoms with Gasteiger partial charge in [-0.15, -0.1) is 0 Å². The lowest BCUT2D eigenvalue weighted by Gasteiger charge is -2.39. The van der Waals surface area contributed by atoms with Gasteiger partial charge in [-0.1, -0.05) is 13.8 Å². The van der Waals surface area contributed by atoms with E-state index in [1.807, 2.05) is 0 Å². The van der Waals surface area contributed by atoms with Crippen molar-refractivity contribution >= 4 is 5.91 Å². The normalized spacial score (nSPS) is 40.2. The van der Waals surface area contributed by atoms with E-state index in [9.17, 15) is 4.79 Å². The van der Waals surface area contributed by atoms with Crippen LogP contribution in [0, 0.1) is 11.8 Å². The van der Waals surface area contributed by atoms with E-state index in [1.165, 1.54) is 6.42 Å². The first-order chi connectivity index (χ1) is 5.91. The molecule has 0 heterocycles. The van der Waals surface area contributed by atoms with Crippen molar-refractivity contribution in [2.24, 2.45) is 23.3 Å². The third-order valence-electron chi connectivity index (χ3n) is 2.84. The van der Waals surface area contributed by atoms with Crippen molar-refractivity contribution < 1.29 is 4.79 Å². The average molecular weight is 184 g/mol. The third kappa shape index (κ3) is 2.99. The number of primary amides is 1. The highest BCUT2D eigenvalue weighted by Crippen LogP contribution is 2.35. The molecular formula is C10H20N2O. The summed E-state index contributed by atoms with van der Waals surface area (Å²) in [7, 11) is 0. The van der Waals surface area contributed by atoms with Gasteiger partial charge < -0.3 is 11.5 Å². The van der Waals surface area contributed by atoms with E-state index in [2.05, 4.69) is 13.8 Å². The molecule has 4 N–H and O–H groups in total. The summed E-state index contributed by atoms with van der Waals surface area (Å²) in [5, 5.41) is 0. The van der Waals surface area contributed by atoms with E-state index in [0.29, 0.717) is 18.3 Å².